The first-order valence-electron chi connectivity index (χ1n) is 5.03. The molecule has 88 valence electrons. The van der Waals surface area contributed by atoms with Crippen molar-refractivity contribution in [1.29, 1.82) is 0 Å². The number of nitrogens with zero attached hydrogens (tertiary/aromatic N) is 1. The lowest BCUT2D eigenvalue weighted by Crippen LogP contribution is -2.33. The molecular weight excluding hydrogens is 208 g/mol. The Morgan fingerprint density at radius 3 is 2.81 bits per heavy atom. The van der Waals surface area contributed by atoms with E-state index < -0.39 is 11.5 Å². The molecule has 1 heterocycles. The van der Waals surface area contributed by atoms with Crippen molar-refractivity contribution in [1.82, 2.24) is 4.98 Å². The van der Waals surface area contributed by atoms with Crippen LogP contribution in [0, 0.1) is 0 Å². The van der Waals surface area contributed by atoms with Gasteiger partial charge in [-0.3, -0.25) is 0 Å². The number of carboxylic acid groups (broad SMARTS) is 1. The summed E-state index contributed by atoms with van der Waals surface area (Å²) in [5.41, 5.74) is -0.263. The average Bonchev–Trinajstić information content (AvgIpc) is 2.17. The van der Waals surface area contributed by atoms with Crippen molar-refractivity contribution in [3.63, 3.8) is 0 Å². The number of aromatic nitrogens is 1. The molecule has 0 aliphatic carbocycles. The minimum Gasteiger partial charge on any atom is -0.478 e. The highest BCUT2D eigenvalue weighted by atomic mass is 16.4. The van der Waals surface area contributed by atoms with Crippen molar-refractivity contribution in [2.24, 2.45) is 0 Å². The molecule has 0 aliphatic heterocycles. The molecule has 0 saturated heterocycles. The topological polar surface area (TPSA) is 82.5 Å². The van der Waals surface area contributed by atoms with Crippen molar-refractivity contribution in [2.45, 2.75) is 25.8 Å². The fraction of sp³-hybridized carbons (Fsp3) is 0.455. The smallest absolute Gasteiger partial charge is 0.339 e. The molecule has 5 heteroatoms. The summed E-state index contributed by atoms with van der Waals surface area (Å²) in [6.45, 7) is 3.79. The standard InChI is InChI=1S/C11H16N2O3/c1-11(2,5-7-14)13-9-8(10(15)16)4-3-6-12-9/h3-4,6,14H,5,7H2,1-2H3,(H,12,13)(H,15,16). The SMILES string of the molecule is CC(C)(CCO)Nc1ncccc1C(=O)O. The molecule has 0 saturated carbocycles. The molecule has 5 nitrogen and oxygen atoms in total. The van der Waals surface area contributed by atoms with Crippen LogP contribution in [0.25, 0.3) is 0 Å². The van der Waals surface area contributed by atoms with Gasteiger partial charge in [0.05, 0.1) is 0 Å². The number of carbonyl (C=O) groups is 1. The summed E-state index contributed by atoms with van der Waals surface area (Å²) in [5.74, 6) is -0.691. The first-order chi connectivity index (χ1) is 7.46. The summed E-state index contributed by atoms with van der Waals surface area (Å²) >= 11 is 0. The van der Waals surface area contributed by atoms with Gasteiger partial charge in [-0.25, -0.2) is 9.78 Å². The van der Waals surface area contributed by atoms with Crippen LogP contribution in [0.3, 0.4) is 0 Å². The zero-order chi connectivity index (χ0) is 12.2. The second-order valence-corrected chi connectivity index (χ2v) is 4.19. The van der Waals surface area contributed by atoms with Crippen LogP contribution in [0.5, 0.6) is 0 Å². The quantitative estimate of drug-likeness (QED) is 0.703. The minimum atomic E-state index is -1.02. The van der Waals surface area contributed by atoms with E-state index in [1.165, 1.54) is 12.3 Å². The number of aliphatic hydroxyl groups excluding tert-OH is 1. The van der Waals surface area contributed by atoms with E-state index in [1.807, 2.05) is 13.8 Å². The zero-order valence-electron chi connectivity index (χ0n) is 9.40. The molecule has 0 unspecified atom stereocenters. The molecule has 1 aromatic heterocycles. The largest absolute Gasteiger partial charge is 0.478 e. The zero-order valence-corrected chi connectivity index (χ0v) is 9.40. The summed E-state index contributed by atoms with van der Waals surface area (Å²) in [5, 5.41) is 20.9. The van der Waals surface area contributed by atoms with E-state index in [-0.39, 0.29) is 12.2 Å². The van der Waals surface area contributed by atoms with Gasteiger partial charge >= 0.3 is 5.97 Å². The molecule has 0 spiro atoms. The first kappa shape index (κ1) is 12.4. The Balaban J connectivity index is 2.92. The van der Waals surface area contributed by atoms with E-state index in [4.69, 9.17) is 10.2 Å². The van der Waals surface area contributed by atoms with Gasteiger partial charge in [-0.05, 0) is 32.4 Å². The molecule has 0 aliphatic rings. The predicted molar refractivity (Wildman–Crippen MR) is 60.6 cm³/mol. The molecule has 0 aromatic carbocycles. The number of hydrogen-bond donors (Lipinski definition) is 3. The number of anilines is 1. The Morgan fingerprint density at radius 2 is 2.25 bits per heavy atom. The molecule has 0 bridgehead atoms. The van der Waals surface area contributed by atoms with E-state index in [0.717, 1.165) is 0 Å². The number of hydrogen-bond acceptors (Lipinski definition) is 4. The third-order valence-corrected chi connectivity index (χ3v) is 2.23. The van der Waals surface area contributed by atoms with Crippen LogP contribution in [-0.2, 0) is 0 Å². The fourth-order valence-electron chi connectivity index (χ4n) is 1.34. The van der Waals surface area contributed by atoms with Gasteiger partial charge in [0.15, 0.2) is 0 Å². The second-order valence-electron chi connectivity index (χ2n) is 4.19. The molecular formula is C11H16N2O3. The van der Waals surface area contributed by atoms with Gasteiger partial charge < -0.3 is 15.5 Å². The third kappa shape index (κ3) is 3.20. The Kier molecular flexibility index (Phi) is 3.84. The van der Waals surface area contributed by atoms with E-state index >= 15 is 0 Å². The molecule has 0 fully saturated rings. The third-order valence-electron chi connectivity index (χ3n) is 2.23. The van der Waals surface area contributed by atoms with Crippen LogP contribution >= 0.6 is 0 Å². The first-order valence-corrected chi connectivity index (χ1v) is 5.03. The highest BCUT2D eigenvalue weighted by Crippen LogP contribution is 2.19. The van der Waals surface area contributed by atoms with E-state index in [2.05, 4.69) is 10.3 Å². The van der Waals surface area contributed by atoms with Gasteiger partial charge in [-0.2, -0.15) is 0 Å². The lowest BCUT2D eigenvalue weighted by molar-refractivity contribution is 0.0697. The Bertz CT molecular complexity index is 377. The molecule has 1 rings (SSSR count). The Hall–Kier alpha value is -1.62. The fourth-order valence-corrected chi connectivity index (χ4v) is 1.34. The summed E-state index contributed by atoms with van der Waals surface area (Å²) in [6, 6.07) is 3.07. The highest BCUT2D eigenvalue weighted by molar-refractivity contribution is 5.93. The van der Waals surface area contributed by atoms with Gasteiger partial charge in [0, 0.05) is 18.3 Å². The van der Waals surface area contributed by atoms with Crippen molar-refractivity contribution < 1.29 is 15.0 Å². The van der Waals surface area contributed by atoms with Crippen LogP contribution < -0.4 is 5.32 Å². The number of pyridine rings is 1. The van der Waals surface area contributed by atoms with E-state index in [9.17, 15) is 4.79 Å². The lowest BCUT2D eigenvalue weighted by atomic mass is 10.0. The number of aromatic carboxylic acids is 1. The maximum Gasteiger partial charge on any atom is 0.339 e. The maximum absolute atomic E-state index is 10.9. The Labute approximate surface area is 94.1 Å². The number of nitrogens with one attached hydrogen (secondary N) is 1. The monoisotopic (exact) mass is 224 g/mol. The summed E-state index contributed by atoms with van der Waals surface area (Å²) in [6.07, 6.45) is 2.05. The van der Waals surface area contributed by atoms with Crippen LogP contribution in [-0.4, -0.2) is 33.3 Å². The van der Waals surface area contributed by atoms with E-state index in [1.54, 1.807) is 6.07 Å². The normalized spacial score (nSPS) is 11.2. The van der Waals surface area contributed by atoms with Crippen LogP contribution in [0.4, 0.5) is 5.82 Å². The molecule has 3 N–H and O–H groups in total. The van der Waals surface area contributed by atoms with Gasteiger partial charge in [0.25, 0.3) is 0 Å². The molecule has 0 amide bonds. The van der Waals surface area contributed by atoms with E-state index in [0.29, 0.717) is 12.2 Å². The average molecular weight is 224 g/mol. The van der Waals surface area contributed by atoms with Crippen LogP contribution in [0.1, 0.15) is 30.6 Å². The van der Waals surface area contributed by atoms with Crippen molar-refractivity contribution in [2.75, 3.05) is 11.9 Å². The van der Waals surface area contributed by atoms with Crippen molar-refractivity contribution in [3.8, 4) is 0 Å². The summed E-state index contributed by atoms with van der Waals surface area (Å²) in [4.78, 5) is 14.9. The summed E-state index contributed by atoms with van der Waals surface area (Å²) in [7, 11) is 0. The van der Waals surface area contributed by atoms with Gasteiger partial charge in [0.2, 0.25) is 0 Å². The number of carboxylic acids is 1. The molecule has 0 radical (unpaired) electrons. The maximum atomic E-state index is 10.9. The van der Waals surface area contributed by atoms with Gasteiger partial charge in [-0.15, -0.1) is 0 Å². The highest BCUT2D eigenvalue weighted by Gasteiger charge is 2.20. The van der Waals surface area contributed by atoms with Crippen LogP contribution in [0.15, 0.2) is 18.3 Å². The lowest BCUT2D eigenvalue weighted by Gasteiger charge is -2.26. The Morgan fingerprint density at radius 1 is 1.56 bits per heavy atom. The predicted octanol–water partition coefficient (Wildman–Crippen LogP) is 1.35. The molecule has 1 aromatic rings. The number of rotatable bonds is 5. The minimum absolute atomic E-state index is 0.0369. The number of aliphatic hydroxyl groups is 1. The second kappa shape index (κ2) is 4.94. The summed E-state index contributed by atoms with van der Waals surface area (Å²) < 4.78 is 0. The molecule has 0 atom stereocenters. The van der Waals surface area contributed by atoms with Crippen LogP contribution in [0.2, 0.25) is 0 Å². The van der Waals surface area contributed by atoms with Gasteiger partial charge in [0.1, 0.15) is 11.4 Å². The van der Waals surface area contributed by atoms with Crippen molar-refractivity contribution >= 4 is 11.8 Å². The van der Waals surface area contributed by atoms with Crippen molar-refractivity contribution in [3.05, 3.63) is 23.9 Å². The van der Waals surface area contributed by atoms with Gasteiger partial charge in [-0.1, -0.05) is 0 Å². The molecule has 16 heavy (non-hydrogen) atoms.